The van der Waals surface area contributed by atoms with Gasteiger partial charge in [0, 0.05) is 12.2 Å². The molecule has 0 spiro atoms. The number of nitrogens with zero attached hydrogens (tertiary/aromatic N) is 4. The molecule has 0 fully saturated rings. The average molecular weight is 265 g/mol. The minimum Gasteiger partial charge on any atom is -0.285 e. The highest BCUT2D eigenvalue weighted by atomic mass is 35.5. The van der Waals surface area contributed by atoms with E-state index in [-0.39, 0.29) is 11.8 Å². The van der Waals surface area contributed by atoms with Crippen molar-refractivity contribution in [3.63, 3.8) is 0 Å². The molecule has 0 bridgehead atoms. The van der Waals surface area contributed by atoms with Gasteiger partial charge >= 0.3 is 0 Å². The van der Waals surface area contributed by atoms with Gasteiger partial charge in [-0.3, -0.25) is 9.48 Å². The van der Waals surface area contributed by atoms with Crippen molar-refractivity contribution in [3.05, 3.63) is 40.7 Å². The zero-order chi connectivity index (χ0) is 13.3. The molecule has 0 radical (unpaired) electrons. The summed E-state index contributed by atoms with van der Waals surface area (Å²) in [6.45, 7) is 5.61. The zero-order valence-corrected chi connectivity index (χ0v) is 11.1. The van der Waals surface area contributed by atoms with E-state index in [1.807, 2.05) is 13.8 Å². The van der Waals surface area contributed by atoms with E-state index in [0.29, 0.717) is 22.2 Å². The molecule has 0 atom stereocenters. The molecule has 0 aliphatic heterocycles. The van der Waals surface area contributed by atoms with E-state index in [1.165, 1.54) is 6.20 Å². The Bertz CT molecular complexity index is 592. The second-order valence-corrected chi connectivity index (χ2v) is 4.60. The fourth-order valence-electron chi connectivity index (χ4n) is 1.65. The molecule has 2 aromatic rings. The van der Waals surface area contributed by atoms with Gasteiger partial charge in [0.2, 0.25) is 5.78 Å². The molecule has 94 valence electrons. The topological polar surface area (TPSA) is 60.7 Å². The predicted molar refractivity (Wildman–Crippen MR) is 67.8 cm³/mol. The molecule has 6 heteroatoms. The molecular weight excluding hydrogens is 252 g/mol. The molecule has 2 rings (SSSR count). The molecule has 0 saturated heterocycles. The predicted octanol–water partition coefficient (Wildman–Crippen LogP) is 2.45. The van der Waals surface area contributed by atoms with E-state index in [1.54, 1.807) is 23.9 Å². The Labute approximate surface area is 110 Å². The van der Waals surface area contributed by atoms with E-state index in [9.17, 15) is 4.79 Å². The van der Waals surface area contributed by atoms with Gasteiger partial charge in [0.25, 0.3) is 0 Å². The molecular formula is C12H13ClN4O. The summed E-state index contributed by atoms with van der Waals surface area (Å²) in [6, 6.07) is 1.63. The van der Waals surface area contributed by atoms with E-state index in [2.05, 4.69) is 15.1 Å². The highest BCUT2D eigenvalue weighted by Gasteiger charge is 2.21. The molecule has 0 aliphatic rings. The molecule has 18 heavy (non-hydrogen) atoms. The first-order valence-corrected chi connectivity index (χ1v) is 5.96. The van der Waals surface area contributed by atoms with Crippen LogP contribution in [-0.2, 0) is 0 Å². The van der Waals surface area contributed by atoms with Crippen molar-refractivity contribution >= 4 is 17.4 Å². The normalized spacial score (nSPS) is 10.9. The number of halogens is 1. The summed E-state index contributed by atoms with van der Waals surface area (Å²) < 4.78 is 1.60. The number of hydrogen-bond donors (Lipinski definition) is 0. The van der Waals surface area contributed by atoms with Crippen molar-refractivity contribution in [2.45, 2.75) is 26.8 Å². The summed E-state index contributed by atoms with van der Waals surface area (Å²) >= 11 is 6.03. The van der Waals surface area contributed by atoms with Crippen LogP contribution in [0.3, 0.4) is 0 Å². The fourth-order valence-corrected chi connectivity index (χ4v) is 1.87. The summed E-state index contributed by atoms with van der Waals surface area (Å²) in [6.07, 6.45) is 3.03. The average Bonchev–Trinajstić information content (AvgIpc) is 2.70. The van der Waals surface area contributed by atoms with Gasteiger partial charge in [-0.05, 0) is 26.8 Å². The van der Waals surface area contributed by atoms with Crippen LogP contribution in [0.2, 0.25) is 5.02 Å². The molecule has 0 amide bonds. The monoisotopic (exact) mass is 264 g/mol. The second kappa shape index (κ2) is 4.86. The van der Waals surface area contributed by atoms with Crippen LogP contribution in [0.5, 0.6) is 0 Å². The molecule has 0 aromatic carbocycles. The second-order valence-electron chi connectivity index (χ2n) is 4.20. The van der Waals surface area contributed by atoms with E-state index in [0.717, 1.165) is 0 Å². The maximum absolute atomic E-state index is 12.4. The summed E-state index contributed by atoms with van der Waals surface area (Å²) in [5.41, 5.74) is 0.691. The third kappa shape index (κ3) is 2.26. The van der Waals surface area contributed by atoms with Gasteiger partial charge in [-0.25, -0.2) is 9.97 Å². The van der Waals surface area contributed by atoms with Gasteiger partial charge in [0.1, 0.15) is 17.2 Å². The Morgan fingerprint density at radius 2 is 2.17 bits per heavy atom. The third-order valence-corrected chi connectivity index (χ3v) is 2.74. The lowest BCUT2D eigenvalue weighted by Crippen LogP contribution is -2.15. The van der Waals surface area contributed by atoms with E-state index < -0.39 is 0 Å². The van der Waals surface area contributed by atoms with Crippen molar-refractivity contribution in [1.82, 2.24) is 19.7 Å². The van der Waals surface area contributed by atoms with Crippen molar-refractivity contribution < 1.29 is 4.79 Å². The van der Waals surface area contributed by atoms with Crippen LogP contribution < -0.4 is 0 Å². The smallest absolute Gasteiger partial charge is 0.231 e. The zero-order valence-electron chi connectivity index (χ0n) is 10.4. The first kappa shape index (κ1) is 12.7. The van der Waals surface area contributed by atoms with Gasteiger partial charge in [-0.1, -0.05) is 11.6 Å². The Kier molecular flexibility index (Phi) is 3.43. The number of carbonyl (C=O) groups excluding carboxylic acids is 1. The quantitative estimate of drug-likeness (QED) is 0.799. The number of rotatable bonds is 3. The van der Waals surface area contributed by atoms with E-state index >= 15 is 0 Å². The van der Waals surface area contributed by atoms with Crippen LogP contribution in [-0.4, -0.2) is 25.5 Å². The molecule has 0 N–H and O–H groups in total. The summed E-state index contributed by atoms with van der Waals surface area (Å²) in [7, 11) is 0. The SMILES string of the molecule is Cc1nccc(C(=O)c2c(Cl)cnn2C(C)C)n1. The Morgan fingerprint density at radius 1 is 1.44 bits per heavy atom. The van der Waals surface area contributed by atoms with Crippen LogP contribution in [0.1, 0.15) is 41.9 Å². The van der Waals surface area contributed by atoms with Crippen molar-refractivity contribution in [3.8, 4) is 0 Å². The van der Waals surface area contributed by atoms with Gasteiger partial charge in [0.05, 0.1) is 11.2 Å². The number of ketones is 1. The van der Waals surface area contributed by atoms with Crippen LogP contribution in [0.15, 0.2) is 18.5 Å². The molecule has 0 saturated carbocycles. The van der Waals surface area contributed by atoms with Crippen LogP contribution in [0.25, 0.3) is 0 Å². The van der Waals surface area contributed by atoms with Gasteiger partial charge in [0.15, 0.2) is 0 Å². The minimum absolute atomic E-state index is 0.0550. The van der Waals surface area contributed by atoms with Gasteiger partial charge < -0.3 is 0 Å². The number of aryl methyl sites for hydroxylation is 1. The number of aromatic nitrogens is 4. The molecule has 2 aromatic heterocycles. The van der Waals surface area contributed by atoms with Crippen LogP contribution in [0, 0.1) is 6.92 Å². The van der Waals surface area contributed by atoms with E-state index in [4.69, 9.17) is 11.6 Å². The molecule has 5 nitrogen and oxygen atoms in total. The largest absolute Gasteiger partial charge is 0.285 e. The highest BCUT2D eigenvalue weighted by Crippen LogP contribution is 2.21. The van der Waals surface area contributed by atoms with Crippen LogP contribution in [0.4, 0.5) is 0 Å². The Morgan fingerprint density at radius 3 is 2.78 bits per heavy atom. The number of hydrogen-bond acceptors (Lipinski definition) is 4. The van der Waals surface area contributed by atoms with Crippen molar-refractivity contribution in [2.24, 2.45) is 0 Å². The maximum atomic E-state index is 12.4. The molecule has 0 aliphatic carbocycles. The van der Waals surface area contributed by atoms with Gasteiger partial charge in [-0.2, -0.15) is 5.10 Å². The highest BCUT2D eigenvalue weighted by molar-refractivity contribution is 6.34. The molecule has 2 heterocycles. The number of carbonyl (C=O) groups is 1. The third-order valence-electron chi connectivity index (χ3n) is 2.46. The minimum atomic E-state index is -0.239. The van der Waals surface area contributed by atoms with Crippen molar-refractivity contribution in [1.29, 1.82) is 0 Å². The first-order chi connectivity index (χ1) is 8.50. The lowest BCUT2D eigenvalue weighted by atomic mass is 10.2. The standard InChI is InChI=1S/C12H13ClN4O/c1-7(2)17-11(9(13)6-15-17)12(18)10-4-5-14-8(3)16-10/h4-7H,1-3H3. The Balaban J connectivity index is 2.49. The van der Waals surface area contributed by atoms with Gasteiger partial charge in [-0.15, -0.1) is 0 Å². The maximum Gasteiger partial charge on any atom is 0.231 e. The summed E-state index contributed by atoms with van der Waals surface area (Å²) in [5, 5.41) is 4.44. The fraction of sp³-hybridized carbons (Fsp3) is 0.333. The lowest BCUT2D eigenvalue weighted by Gasteiger charge is -2.10. The molecule has 0 unspecified atom stereocenters. The summed E-state index contributed by atoms with van der Waals surface area (Å²) in [5.74, 6) is 0.310. The summed E-state index contributed by atoms with van der Waals surface area (Å²) in [4.78, 5) is 20.4. The lowest BCUT2D eigenvalue weighted by molar-refractivity contribution is 0.102. The van der Waals surface area contributed by atoms with Crippen LogP contribution >= 0.6 is 11.6 Å². The Hall–Kier alpha value is -1.75. The van der Waals surface area contributed by atoms with Crippen molar-refractivity contribution in [2.75, 3.05) is 0 Å². The first-order valence-electron chi connectivity index (χ1n) is 5.58.